The minimum Gasteiger partial charge on any atom is -0.250 e. The Balaban J connectivity index is 2.78. The summed E-state index contributed by atoms with van der Waals surface area (Å²) in [4.78, 5) is 7.38. The van der Waals surface area contributed by atoms with Gasteiger partial charge in [-0.1, -0.05) is 15.9 Å². The van der Waals surface area contributed by atoms with E-state index in [-0.39, 0.29) is 10.6 Å². The van der Waals surface area contributed by atoms with Crippen LogP contribution in [0.4, 0.5) is 5.95 Å². The third-order valence-corrected chi connectivity index (χ3v) is 3.55. The zero-order valence-corrected chi connectivity index (χ0v) is 8.34. The summed E-state index contributed by atoms with van der Waals surface area (Å²) in [5, 5.41) is 0. The summed E-state index contributed by atoms with van der Waals surface area (Å²) in [7, 11) is -3.33. The van der Waals surface area contributed by atoms with E-state index in [2.05, 4.69) is 30.6 Å². The van der Waals surface area contributed by atoms with Crippen molar-refractivity contribution in [2.45, 2.75) is 0 Å². The number of aromatic nitrogens is 2. The zero-order valence-electron chi connectivity index (χ0n) is 5.94. The summed E-state index contributed by atoms with van der Waals surface area (Å²) in [6.07, 6.45) is 2.91. The Morgan fingerprint density at radius 3 is 2.50 bits per heavy atom. The van der Waals surface area contributed by atoms with Gasteiger partial charge in [0.25, 0.3) is 0 Å². The molecule has 0 fully saturated rings. The molecule has 1 heterocycles. The molecule has 1 N–H and O–H groups in total. The van der Waals surface area contributed by atoms with E-state index in [1.54, 1.807) is 6.07 Å². The Morgan fingerprint density at radius 2 is 2.00 bits per heavy atom. The van der Waals surface area contributed by atoms with Crippen LogP contribution in [0.1, 0.15) is 0 Å². The molecule has 0 atom stereocenters. The minimum absolute atomic E-state index is 0.0805. The van der Waals surface area contributed by atoms with Crippen molar-refractivity contribution in [2.24, 2.45) is 0 Å². The number of alkyl halides is 1. The van der Waals surface area contributed by atoms with Gasteiger partial charge in [-0.3, -0.25) is 4.72 Å². The van der Waals surface area contributed by atoms with Gasteiger partial charge in [0.15, 0.2) is 0 Å². The van der Waals surface area contributed by atoms with Crippen LogP contribution < -0.4 is 4.72 Å². The Bertz CT molecular complexity index is 339. The average Bonchev–Trinajstić information content (AvgIpc) is 2.06. The summed E-state index contributed by atoms with van der Waals surface area (Å²) < 4.78 is 23.9. The molecule has 0 bridgehead atoms. The molecule has 0 aliphatic heterocycles. The van der Waals surface area contributed by atoms with E-state index in [1.165, 1.54) is 12.4 Å². The molecule has 7 heteroatoms. The van der Waals surface area contributed by atoms with Crippen molar-refractivity contribution >= 4 is 31.9 Å². The summed E-state index contributed by atoms with van der Waals surface area (Å²) in [5.74, 6) is 0.0805. The molecule has 12 heavy (non-hydrogen) atoms. The van der Waals surface area contributed by atoms with Crippen LogP contribution in [0.5, 0.6) is 0 Å². The Hall–Kier alpha value is -0.690. The van der Waals surface area contributed by atoms with Gasteiger partial charge >= 0.3 is 0 Å². The maximum absolute atomic E-state index is 10.9. The van der Waals surface area contributed by atoms with E-state index in [9.17, 15) is 8.42 Å². The fraction of sp³-hybridized carbons (Fsp3) is 0.200. The second-order valence-electron chi connectivity index (χ2n) is 1.90. The first-order chi connectivity index (χ1) is 5.64. The molecule has 0 saturated carbocycles. The van der Waals surface area contributed by atoms with Crippen LogP contribution in [-0.2, 0) is 10.0 Å². The van der Waals surface area contributed by atoms with Gasteiger partial charge < -0.3 is 0 Å². The lowest BCUT2D eigenvalue weighted by atomic mass is 10.7. The third kappa shape index (κ3) is 2.74. The Morgan fingerprint density at radius 1 is 1.42 bits per heavy atom. The van der Waals surface area contributed by atoms with E-state index in [0.717, 1.165) is 0 Å². The lowest BCUT2D eigenvalue weighted by Crippen LogP contribution is -2.14. The number of nitrogens with zero attached hydrogens (tertiary/aromatic N) is 2. The first kappa shape index (κ1) is 9.40. The monoisotopic (exact) mass is 251 g/mol. The quantitative estimate of drug-likeness (QED) is 0.798. The van der Waals surface area contributed by atoms with Crippen LogP contribution in [0.25, 0.3) is 0 Å². The highest BCUT2D eigenvalue weighted by Gasteiger charge is 2.08. The fourth-order valence-electron chi connectivity index (χ4n) is 0.518. The van der Waals surface area contributed by atoms with E-state index in [4.69, 9.17) is 0 Å². The molecule has 0 unspecified atom stereocenters. The molecule has 0 aliphatic carbocycles. The summed E-state index contributed by atoms with van der Waals surface area (Å²) >= 11 is 2.82. The molecule has 1 rings (SSSR count). The molecule has 1 aromatic rings. The normalized spacial score (nSPS) is 11.1. The highest BCUT2D eigenvalue weighted by Crippen LogP contribution is 2.01. The van der Waals surface area contributed by atoms with Crippen LogP contribution in [0.15, 0.2) is 18.5 Å². The maximum Gasteiger partial charge on any atom is 0.245 e. The second kappa shape index (κ2) is 3.81. The number of halogens is 1. The van der Waals surface area contributed by atoms with Gasteiger partial charge in [-0.05, 0) is 6.07 Å². The lowest BCUT2D eigenvalue weighted by molar-refractivity contribution is 0.605. The predicted molar refractivity (Wildman–Crippen MR) is 48.4 cm³/mol. The standard InChI is InChI=1S/C5H6BrN3O2S/c6-4-12(10,11)9-5-7-2-1-3-8-5/h1-3H,4H2,(H,7,8,9). The minimum atomic E-state index is -3.33. The van der Waals surface area contributed by atoms with Gasteiger partial charge in [-0.15, -0.1) is 0 Å². The molecule has 0 spiro atoms. The van der Waals surface area contributed by atoms with Gasteiger partial charge in [0, 0.05) is 12.4 Å². The number of nitrogens with one attached hydrogen (secondary N) is 1. The van der Waals surface area contributed by atoms with Crippen molar-refractivity contribution in [1.82, 2.24) is 9.97 Å². The Labute approximate surface area is 78.4 Å². The molecule has 0 saturated heterocycles. The number of sulfonamides is 1. The zero-order chi connectivity index (χ0) is 9.03. The summed E-state index contributed by atoms with van der Waals surface area (Å²) in [6, 6.07) is 1.60. The molecule has 0 aliphatic rings. The van der Waals surface area contributed by atoms with Gasteiger partial charge in [0.05, 0.1) is 0 Å². The van der Waals surface area contributed by atoms with Gasteiger partial charge in [-0.25, -0.2) is 18.4 Å². The smallest absolute Gasteiger partial charge is 0.245 e. The van der Waals surface area contributed by atoms with E-state index in [0.29, 0.717) is 0 Å². The van der Waals surface area contributed by atoms with Crippen molar-refractivity contribution < 1.29 is 8.42 Å². The van der Waals surface area contributed by atoms with Crippen molar-refractivity contribution in [3.63, 3.8) is 0 Å². The number of anilines is 1. The molecule has 0 aromatic carbocycles. The first-order valence-electron chi connectivity index (χ1n) is 2.97. The highest BCUT2D eigenvalue weighted by atomic mass is 79.9. The van der Waals surface area contributed by atoms with Crippen LogP contribution in [0.2, 0.25) is 0 Å². The molecule has 1 aromatic heterocycles. The predicted octanol–water partition coefficient (Wildman–Crippen LogP) is 0.571. The second-order valence-corrected chi connectivity index (χ2v) is 4.92. The van der Waals surface area contributed by atoms with Crippen LogP contribution >= 0.6 is 15.9 Å². The summed E-state index contributed by atoms with van der Waals surface area (Å²) in [5.41, 5.74) is 0. The van der Waals surface area contributed by atoms with E-state index < -0.39 is 10.0 Å². The van der Waals surface area contributed by atoms with Crippen molar-refractivity contribution in [2.75, 3.05) is 9.38 Å². The maximum atomic E-state index is 10.9. The van der Waals surface area contributed by atoms with Crippen LogP contribution in [0.3, 0.4) is 0 Å². The fourth-order valence-corrected chi connectivity index (χ4v) is 1.30. The Kier molecular flexibility index (Phi) is 2.99. The largest absolute Gasteiger partial charge is 0.250 e. The average molecular weight is 252 g/mol. The first-order valence-corrected chi connectivity index (χ1v) is 5.75. The van der Waals surface area contributed by atoms with Crippen LogP contribution in [0, 0.1) is 0 Å². The molecule has 0 amide bonds. The van der Waals surface area contributed by atoms with Gasteiger partial charge in [-0.2, -0.15) is 0 Å². The van der Waals surface area contributed by atoms with E-state index >= 15 is 0 Å². The highest BCUT2D eigenvalue weighted by molar-refractivity contribution is 9.10. The molecule has 0 radical (unpaired) electrons. The third-order valence-electron chi connectivity index (χ3n) is 0.956. The number of hydrogen-bond donors (Lipinski definition) is 1. The van der Waals surface area contributed by atoms with Gasteiger partial charge in [0.1, 0.15) is 4.66 Å². The van der Waals surface area contributed by atoms with Gasteiger partial charge in [0.2, 0.25) is 16.0 Å². The summed E-state index contributed by atoms with van der Waals surface area (Å²) in [6.45, 7) is 0. The number of hydrogen-bond acceptors (Lipinski definition) is 4. The molecular formula is C5H6BrN3O2S. The topological polar surface area (TPSA) is 72.0 Å². The van der Waals surface area contributed by atoms with E-state index in [1.807, 2.05) is 0 Å². The molecule has 5 nitrogen and oxygen atoms in total. The molecular weight excluding hydrogens is 246 g/mol. The lowest BCUT2D eigenvalue weighted by Gasteiger charge is -2.00. The van der Waals surface area contributed by atoms with Crippen molar-refractivity contribution in [3.05, 3.63) is 18.5 Å². The molecule has 66 valence electrons. The van der Waals surface area contributed by atoms with Crippen molar-refractivity contribution in [1.29, 1.82) is 0 Å². The van der Waals surface area contributed by atoms with Crippen LogP contribution in [-0.4, -0.2) is 23.0 Å². The SMILES string of the molecule is O=S(=O)(CBr)Nc1ncccn1. The van der Waals surface area contributed by atoms with Crippen molar-refractivity contribution in [3.8, 4) is 0 Å². The number of rotatable bonds is 3.